The van der Waals surface area contributed by atoms with Crippen LogP contribution in [0.25, 0.3) is 22.3 Å². The standard InChI is InChI=1S/C27H31N5O4/c1-35-19-6-7-22(36-14-16-2-3-16)20(12-19)23-25-24(30-15-29-23)21(13-28-25)26(33)31-18-8-10-32(11-9-18)27(34)17-4-5-17/h6-7,12-13,15-18,28H,2-5,8-11,14H2,1H3,(H,31,33). The first-order chi connectivity index (χ1) is 17.6. The monoisotopic (exact) mass is 489 g/mol. The van der Waals surface area contributed by atoms with Gasteiger partial charge in [-0.3, -0.25) is 9.59 Å². The van der Waals surface area contributed by atoms with Crippen LogP contribution >= 0.6 is 0 Å². The molecular formula is C27H31N5O4. The summed E-state index contributed by atoms with van der Waals surface area (Å²) in [6.07, 6.45) is 9.13. The number of nitrogens with zero attached hydrogens (tertiary/aromatic N) is 3. The van der Waals surface area contributed by atoms with E-state index in [1.165, 1.54) is 19.2 Å². The van der Waals surface area contributed by atoms with Gasteiger partial charge < -0.3 is 24.7 Å². The van der Waals surface area contributed by atoms with Gasteiger partial charge in [-0.05, 0) is 62.6 Å². The fourth-order valence-electron chi connectivity index (χ4n) is 4.85. The third-order valence-electron chi connectivity index (χ3n) is 7.39. The van der Waals surface area contributed by atoms with Crippen molar-refractivity contribution in [2.45, 2.75) is 44.6 Å². The predicted octanol–water partition coefficient (Wildman–Crippen LogP) is 3.55. The lowest BCUT2D eigenvalue weighted by atomic mass is 10.0. The molecule has 9 nitrogen and oxygen atoms in total. The molecule has 3 heterocycles. The fourth-order valence-corrected chi connectivity index (χ4v) is 4.85. The van der Waals surface area contributed by atoms with E-state index in [0.29, 0.717) is 53.7 Å². The molecule has 3 aromatic rings. The van der Waals surface area contributed by atoms with E-state index >= 15 is 0 Å². The first kappa shape index (κ1) is 22.8. The zero-order valence-electron chi connectivity index (χ0n) is 20.5. The van der Waals surface area contributed by atoms with E-state index in [-0.39, 0.29) is 23.8 Å². The molecular weight excluding hydrogens is 458 g/mol. The Bertz CT molecular complexity index is 1290. The van der Waals surface area contributed by atoms with E-state index in [4.69, 9.17) is 9.47 Å². The number of carbonyl (C=O) groups excluding carboxylic acids is 2. The quantitative estimate of drug-likeness (QED) is 0.501. The van der Waals surface area contributed by atoms with Crippen LogP contribution in [-0.2, 0) is 4.79 Å². The molecule has 36 heavy (non-hydrogen) atoms. The first-order valence-electron chi connectivity index (χ1n) is 12.8. The molecule has 0 unspecified atom stereocenters. The maximum absolute atomic E-state index is 13.2. The number of aromatic nitrogens is 3. The lowest BCUT2D eigenvalue weighted by Crippen LogP contribution is -2.47. The second kappa shape index (κ2) is 9.44. The average Bonchev–Trinajstić information content (AvgIpc) is 3.85. The van der Waals surface area contributed by atoms with Crippen LogP contribution in [0.15, 0.2) is 30.7 Å². The molecule has 2 aromatic heterocycles. The summed E-state index contributed by atoms with van der Waals surface area (Å²) >= 11 is 0. The van der Waals surface area contributed by atoms with E-state index in [9.17, 15) is 9.59 Å². The second-order valence-corrected chi connectivity index (χ2v) is 10.1. The number of carbonyl (C=O) groups is 2. The van der Waals surface area contributed by atoms with Crippen LogP contribution in [0.1, 0.15) is 48.9 Å². The van der Waals surface area contributed by atoms with E-state index in [0.717, 1.165) is 37.0 Å². The van der Waals surface area contributed by atoms with Gasteiger partial charge in [0.15, 0.2) is 0 Å². The van der Waals surface area contributed by atoms with Crippen molar-refractivity contribution in [3.05, 3.63) is 36.3 Å². The van der Waals surface area contributed by atoms with Crippen molar-refractivity contribution in [1.29, 1.82) is 0 Å². The highest BCUT2D eigenvalue weighted by Gasteiger charge is 2.35. The molecule has 188 valence electrons. The molecule has 0 atom stereocenters. The fraction of sp³-hybridized carbons (Fsp3) is 0.481. The summed E-state index contributed by atoms with van der Waals surface area (Å²) in [5, 5.41) is 3.14. The molecule has 2 aliphatic carbocycles. The maximum atomic E-state index is 13.2. The minimum Gasteiger partial charge on any atom is -0.497 e. The van der Waals surface area contributed by atoms with Gasteiger partial charge in [0.2, 0.25) is 5.91 Å². The Labute approximate surface area is 209 Å². The van der Waals surface area contributed by atoms with E-state index in [1.807, 2.05) is 23.1 Å². The number of fused-ring (bicyclic) bond motifs is 1. The first-order valence-corrected chi connectivity index (χ1v) is 12.8. The van der Waals surface area contributed by atoms with E-state index in [1.54, 1.807) is 13.3 Å². The normalized spacial score (nSPS) is 18.3. The highest BCUT2D eigenvalue weighted by molar-refractivity contribution is 6.08. The minimum atomic E-state index is -0.172. The van der Waals surface area contributed by atoms with Crippen LogP contribution in [-0.4, -0.2) is 64.5 Å². The molecule has 2 amide bonds. The van der Waals surface area contributed by atoms with Crippen LogP contribution in [0.3, 0.4) is 0 Å². The maximum Gasteiger partial charge on any atom is 0.255 e. The predicted molar refractivity (Wildman–Crippen MR) is 134 cm³/mol. The Balaban J connectivity index is 1.21. The molecule has 2 saturated carbocycles. The van der Waals surface area contributed by atoms with Crippen molar-refractivity contribution >= 4 is 22.8 Å². The van der Waals surface area contributed by atoms with Gasteiger partial charge in [-0.1, -0.05) is 0 Å². The highest BCUT2D eigenvalue weighted by Crippen LogP contribution is 2.38. The van der Waals surface area contributed by atoms with Gasteiger partial charge in [0, 0.05) is 36.8 Å². The topological polar surface area (TPSA) is 109 Å². The molecule has 1 aliphatic heterocycles. The van der Waals surface area contributed by atoms with E-state index < -0.39 is 0 Å². The molecule has 3 aliphatic rings. The summed E-state index contributed by atoms with van der Waals surface area (Å²) in [5.41, 5.74) is 3.18. The van der Waals surface area contributed by atoms with Crippen molar-refractivity contribution in [2.24, 2.45) is 11.8 Å². The van der Waals surface area contributed by atoms with Gasteiger partial charge in [0.05, 0.1) is 24.8 Å². The zero-order chi connectivity index (χ0) is 24.6. The molecule has 0 radical (unpaired) electrons. The van der Waals surface area contributed by atoms with Crippen LogP contribution in [0, 0.1) is 11.8 Å². The van der Waals surface area contributed by atoms with Gasteiger partial charge in [-0.25, -0.2) is 9.97 Å². The smallest absolute Gasteiger partial charge is 0.255 e. The van der Waals surface area contributed by atoms with Gasteiger partial charge in [0.25, 0.3) is 5.91 Å². The van der Waals surface area contributed by atoms with Crippen molar-refractivity contribution in [1.82, 2.24) is 25.2 Å². The Kier molecular flexibility index (Phi) is 5.99. The molecule has 2 N–H and O–H groups in total. The van der Waals surface area contributed by atoms with Gasteiger partial charge >= 0.3 is 0 Å². The Morgan fingerprint density at radius 1 is 1.11 bits per heavy atom. The third-order valence-corrected chi connectivity index (χ3v) is 7.39. The Hall–Kier alpha value is -3.62. The number of H-pyrrole nitrogens is 1. The van der Waals surface area contributed by atoms with Crippen LogP contribution in [0.5, 0.6) is 11.5 Å². The number of aromatic amines is 1. The van der Waals surface area contributed by atoms with Crippen molar-refractivity contribution < 1.29 is 19.1 Å². The third kappa shape index (κ3) is 4.62. The van der Waals surface area contributed by atoms with Crippen LogP contribution < -0.4 is 14.8 Å². The number of benzene rings is 1. The van der Waals surface area contributed by atoms with E-state index in [2.05, 4.69) is 20.3 Å². The van der Waals surface area contributed by atoms with Gasteiger partial charge in [-0.15, -0.1) is 0 Å². The Morgan fingerprint density at radius 2 is 1.92 bits per heavy atom. The number of hydrogen-bond donors (Lipinski definition) is 2. The van der Waals surface area contributed by atoms with Crippen molar-refractivity contribution in [3.63, 3.8) is 0 Å². The number of hydrogen-bond acceptors (Lipinski definition) is 6. The summed E-state index contributed by atoms with van der Waals surface area (Å²) in [6.45, 7) is 2.07. The molecule has 6 rings (SSSR count). The lowest BCUT2D eigenvalue weighted by molar-refractivity contribution is -0.133. The van der Waals surface area contributed by atoms with Crippen LogP contribution in [0.2, 0.25) is 0 Å². The molecule has 3 fully saturated rings. The molecule has 9 heteroatoms. The number of nitrogens with one attached hydrogen (secondary N) is 2. The minimum absolute atomic E-state index is 0.0350. The van der Waals surface area contributed by atoms with Crippen molar-refractivity contribution in [2.75, 3.05) is 26.8 Å². The molecule has 0 spiro atoms. The summed E-state index contributed by atoms with van der Waals surface area (Å²) in [5.74, 6) is 2.39. The number of piperidine rings is 1. The highest BCUT2D eigenvalue weighted by atomic mass is 16.5. The number of rotatable bonds is 8. The Morgan fingerprint density at radius 3 is 2.64 bits per heavy atom. The summed E-state index contributed by atoms with van der Waals surface area (Å²) in [7, 11) is 1.63. The molecule has 1 saturated heterocycles. The van der Waals surface area contributed by atoms with Crippen molar-refractivity contribution in [3.8, 4) is 22.8 Å². The average molecular weight is 490 g/mol. The SMILES string of the molecule is COc1ccc(OCC2CC2)c(-c2ncnc3c(C(=O)NC4CCN(C(=O)C5CC5)CC4)c[nH]c23)c1. The number of methoxy groups -OCH3 is 1. The zero-order valence-corrected chi connectivity index (χ0v) is 20.5. The summed E-state index contributed by atoms with van der Waals surface area (Å²) in [4.78, 5) is 39.7. The lowest BCUT2D eigenvalue weighted by Gasteiger charge is -2.32. The number of ether oxygens (including phenoxy) is 2. The van der Waals surface area contributed by atoms with Gasteiger partial charge in [-0.2, -0.15) is 0 Å². The summed E-state index contributed by atoms with van der Waals surface area (Å²) in [6, 6.07) is 5.72. The van der Waals surface area contributed by atoms with Crippen LogP contribution in [0.4, 0.5) is 0 Å². The van der Waals surface area contributed by atoms with Gasteiger partial charge in [0.1, 0.15) is 29.0 Å². The summed E-state index contributed by atoms with van der Waals surface area (Å²) < 4.78 is 11.6. The largest absolute Gasteiger partial charge is 0.497 e. The number of amides is 2. The molecule has 1 aromatic carbocycles. The second-order valence-electron chi connectivity index (χ2n) is 10.1. The number of likely N-dealkylation sites (tertiary alicyclic amines) is 1. The molecule has 0 bridgehead atoms.